The molecular formula is C21H28N4O3S. The molecule has 2 N–H and O–H groups in total. The standard InChI is InChI=1S/C21H28N4O3S/c1-3-25(19-7-5-4-6-8-19)21(26)17(2)23-13-15-24(16-14-23)18-9-11-20(12-10-18)29(22,27)28/h4-12,17H,3,13-16H2,1-2H3,(H2,22,27,28). The van der Waals surface area contributed by atoms with Crippen LogP contribution in [0.4, 0.5) is 11.4 Å². The van der Waals surface area contributed by atoms with Crippen molar-refractivity contribution in [3.05, 3.63) is 54.6 Å². The van der Waals surface area contributed by atoms with Gasteiger partial charge >= 0.3 is 0 Å². The Hall–Kier alpha value is -2.42. The minimum absolute atomic E-state index is 0.102. The lowest BCUT2D eigenvalue weighted by Gasteiger charge is -2.39. The number of likely N-dealkylation sites (N-methyl/N-ethyl adjacent to an activating group) is 1. The average molecular weight is 417 g/mol. The van der Waals surface area contributed by atoms with Crippen molar-refractivity contribution in [1.82, 2.24) is 4.90 Å². The topological polar surface area (TPSA) is 86.9 Å². The predicted molar refractivity (Wildman–Crippen MR) is 116 cm³/mol. The van der Waals surface area contributed by atoms with Crippen molar-refractivity contribution >= 4 is 27.3 Å². The van der Waals surface area contributed by atoms with Gasteiger partial charge in [-0.25, -0.2) is 13.6 Å². The third kappa shape index (κ3) is 4.95. The van der Waals surface area contributed by atoms with E-state index >= 15 is 0 Å². The van der Waals surface area contributed by atoms with E-state index in [2.05, 4.69) is 9.80 Å². The zero-order valence-corrected chi connectivity index (χ0v) is 17.7. The molecule has 1 amide bonds. The molecule has 8 heteroatoms. The van der Waals surface area contributed by atoms with E-state index < -0.39 is 10.0 Å². The maximum Gasteiger partial charge on any atom is 0.244 e. The summed E-state index contributed by atoms with van der Waals surface area (Å²) in [5.74, 6) is 0.102. The van der Waals surface area contributed by atoms with E-state index in [1.54, 1.807) is 12.1 Å². The van der Waals surface area contributed by atoms with Gasteiger partial charge in [-0.05, 0) is 50.2 Å². The number of carbonyl (C=O) groups is 1. The molecule has 1 saturated heterocycles. The number of hydrogen-bond donors (Lipinski definition) is 1. The third-order valence-electron chi connectivity index (χ3n) is 5.40. The molecule has 0 aromatic heterocycles. The molecule has 2 aromatic rings. The maximum atomic E-state index is 13.1. The molecule has 1 aliphatic rings. The first-order valence-electron chi connectivity index (χ1n) is 9.79. The molecule has 0 saturated carbocycles. The Kier molecular flexibility index (Phi) is 6.56. The summed E-state index contributed by atoms with van der Waals surface area (Å²) in [6, 6.07) is 16.1. The minimum atomic E-state index is -3.68. The molecular weight excluding hydrogens is 388 g/mol. The smallest absolute Gasteiger partial charge is 0.244 e. The molecule has 156 valence electrons. The van der Waals surface area contributed by atoms with Gasteiger partial charge in [0.15, 0.2) is 0 Å². The molecule has 3 rings (SSSR count). The first-order valence-corrected chi connectivity index (χ1v) is 11.3. The number of rotatable bonds is 6. The van der Waals surface area contributed by atoms with Gasteiger partial charge in [0.1, 0.15) is 0 Å². The first kappa shape index (κ1) is 21.3. The molecule has 1 heterocycles. The summed E-state index contributed by atoms with van der Waals surface area (Å²) in [6.45, 7) is 7.63. The van der Waals surface area contributed by atoms with Crippen molar-refractivity contribution in [2.24, 2.45) is 5.14 Å². The monoisotopic (exact) mass is 416 g/mol. The van der Waals surface area contributed by atoms with Crippen LogP contribution in [0.1, 0.15) is 13.8 Å². The van der Waals surface area contributed by atoms with E-state index in [0.29, 0.717) is 6.54 Å². The number of primary sulfonamides is 1. The fourth-order valence-electron chi connectivity index (χ4n) is 3.67. The van der Waals surface area contributed by atoms with Crippen LogP contribution in [-0.4, -0.2) is 58.0 Å². The highest BCUT2D eigenvalue weighted by molar-refractivity contribution is 7.89. The van der Waals surface area contributed by atoms with Crippen LogP contribution in [-0.2, 0) is 14.8 Å². The number of nitrogens with zero attached hydrogens (tertiary/aromatic N) is 3. The second-order valence-corrected chi connectivity index (χ2v) is 8.72. The third-order valence-corrected chi connectivity index (χ3v) is 6.33. The number of carbonyl (C=O) groups excluding carboxylic acids is 1. The molecule has 7 nitrogen and oxygen atoms in total. The fraction of sp³-hybridized carbons (Fsp3) is 0.381. The highest BCUT2D eigenvalue weighted by Crippen LogP contribution is 2.21. The Morgan fingerprint density at radius 2 is 1.62 bits per heavy atom. The number of anilines is 2. The highest BCUT2D eigenvalue weighted by atomic mass is 32.2. The summed E-state index contributed by atoms with van der Waals surface area (Å²) >= 11 is 0. The Morgan fingerprint density at radius 3 is 2.14 bits per heavy atom. The van der Waals surface area contributed by atoms with E-state index in [9.17, 15) is 13.2 Å². The van der Waals surface area contributed by atoms with Crippen LogP contribution in [0.25, 0.3) is 0 Å². The Morgan fingerprint density at radius 1 is 1.03 bits per heavy atom. The molecule has 1 aliphatic heterocycles. The van der Waals surface area contributed by atoms with Gasteiger partial charge in [0.25, 0.3) is 0 Å². The SMILES string of the molecule is CCN(C(=O)C(C)N1CCN(c2ccc(S(N)(=O)=O)cc2)CC1)c1ccccc1. The normalized spacial score (nSPS) is 16.4. The molecule has 0 radical (unpaired) electrons. The molecule has 29 heavy (non-hydrogen) atoms. The number of sulfonamides is 1. The van der Waals surface area contributed by atoms with Crippen molar-refractivity contribution in [2.75, 3.05) is 42.5 Å². The summed E-state index contributed by atoms with van der Waals surface area (Å²) in [7, 11) is -3.68. The van der Waals surface area contributed by atoms with Crippen LogP contribution in [0.5, 0.6) is 0 Å². The van der Waals surface area contributed by atoms with Gasteiger partial charge in [-0.3, -0.25) is 9.69 Å². The number of hydrogen-bond acceptors (Lipinski definition) is 5. The zero-order chi connectivity index (χ0) is 21.0. The van der Waals surface area contributed by atoms with Crippen molar-refractivity contribution in [1.29, 1.82) is 0 Å². The van der Waals surface area contributed by atoms with E-state index in [4.69, 9.17) is 5.14 Å². The van der Waals surface area contributed by atoms with Crippen molar-refractivity contribution < 1.29 is 13.2 Å². The number of nitrogens with two attached hydrogens (primary N) is 1. The van der Waals surface area contributed by atoms with Crippen LogP contribution >= 0.6 is 0 Å². The van der Waals surface area contributed by atoms with Gasteiger partial charge in [-0.1, -0.05) is 18.2 Å². The predicted octanol–water partition coefficient (Wildman–Crippen LogP) is 1.90. The van der Waals surface area contributed by atoms with E-state index in [1.807, 2.05) is 49.1 Å². The minimum Gasteiger partial charge on any atom is -0.369 e. The molecule has 1 unspecified atom stereocenters. The van der Waals surface area contributed by atoms with E-state index in [0.717, 1.165) is 37.6 Å². The summed E-state index contributed by atoms with van der Waals surface area (Å²) in [4.78, 5) is 19.4. The van der Waals surface area contributed by atoms with Crippen LogP contribution in [0.3, 0.4) is 0 Å². The quantitative estimate of drug-likeness (QED) is 0.777. The van der Waals surface area contributed by atoms with Gasteiger partial charge in [-0.15, -0.1) is 0 Å². The van der Waals surface area contributed by atoms with Crippen molar-refractivity contribution in [3.8, 4) is 0 Å². The second-order valence-electron chi connectivity index (χ2n) is 7.16. The Bertz CT molecular complexity index is 924. The fourth-order valence-corrected chi connectivity index (χ4v) is 4.18. The molecule has 0 spiro atoms. The van der Waals surface area contributed by atoms with Gasteiger partial charge in [0, 0.05) is 44.1 Å². The number of piperazine rings is 1. The average Bonchev–Trinajstić information content (AvgIpc) is 2.74. The Balaban J connectivity index is 1.61. The van der Waals surface area contributed by atoms with Crippen molar-refractivity contribution in [2.45, 2.75) is 24.8 Å². The summed E-state index contributed by atoms with van der Waals surface area (Å²) < 4.78 is 22.8. The number of amides is 1. The summed E-state index contributed by atoms with van der Waals surface area (Å²) in [5, 5.41) is 5.16. The van der Waals surface area contributed by atoms with Gasteiger partial charge in [0.05, 0.1) is 10.9 Å². The van der Waals surface area contributed by atoms with Crippen LogP contribution in [0.15, 0.2) is 59.5 Å². The van der Waals surface area contributed by atoms with Crippen molar-refractivity contribution in [3.63, 3.8) is 0 Å². The lowest BCUT2D eigenvalue weighted by molar-refractivity contribution is -0.123. The molecule has 1 atom stereocenters. The first-order chi connectivity index (χ1) is 13.8. The van der Waals surface area contributed by atoms with Gasteiger partial charge in [-0.2, -0.15) is 0 Å². The van der Waals surface area contributed by atoms with Crippen LogP contribution in [0.2, 0.25) is 0 Å². The second kappa shape index (κ2) is 8.94. The van der Waals surface area contributed by atoms with Gasteiger partial charge in [0.2, 0.25) is 15.9 Å². The Labute approximate surface area is 172 Å². The van der Waals surface area contributed by atoms with Gasteiger partial charge < -0.3 is 9.80 Å². The van der Waals surface area contributed by atoms with Crippen LogP contribution in [0, 0.1) is 0 Å². The summed E-state index contributed by atoms with van der Waals surface area (Å²) in [6.07, 6.45) is 0. The number of para-hydroxylation sites is 1. The molecule has 0 aliphatic carbocycles. The number of benzene rings is 2. The maximum absolute atomic E-state index is 13.1. The van der Waals surface area contributed by atoms with E-state index in [1.165, 1.54) is 12.1 Å². The lowest BCUT2D eigenvalue weighted by Crippen LogP contribution is -2.54. The molecule has 0 bridgehead atoms. The zero-order valence-electron chi connectivity index (χ0n) is 16.9. The summed E-state index contributed by atoms with van der Waals surface area (Å²) in [5.41, 5.74) is 1.87. The lowest BCUT2D eigenvalue weighted by atomic mass is 10.1. The molecule has 2 aromatic carbocycles. The van der Waals surface area contributed by atoms with Crippen LogP contribution < -0.4 is 14.9 Å². The van der Waals surface area contributed by atoms with E-state index in [-0.39, 0.29) is 16.8 Å². The molecule has 1 fully saturated rings. The highest BCUT2D eigenvalue weighted by Gasteiger charge is 2.29. The largest absolute Gasteiger partial charge is 0.369 e.